The third-order valence-electron chi connectivity index (χ3n) is 5.28. The van der Waals surface area contributed by atoms with Gasteiger partial charge in [-0.2, -0.15) is 0 Å². The summed E-state index contributed by atoms with van der Waals surface area (Å²) in [5.41, 5.74) is 2.96. The number of nitrogens with zero attached hydrogens (tertiary/aromatic N) is 3. The molecule has 2 N–H and O–H groups in total. The highest BCUT2D eigenvalue weighted by Gasteiger charge is 2.25. The summed E-state index contributed by atoms with van der Waals surface area (Å²) in [7, 11) is 0. The van der Waals surface area contributed by atoms with E-state index < -0.39 is 6.04 Å². The van der Waals surface area contributed by atoms with E-state index in [1.165, 1.54) is 19.3 Å². The quantitative estimate of drug-likeness (QED) is 0.860. The predicted octanol–water partition coefficient (Wildman–Crippen LogP) is 2.01. The molecule has 136 valence electrons. The summed E-state index contributed by atoms with van der Waals surface area (Å²) in [5.74, 6) is 0.238. The molecule has 2 amide bonds. The summed E-state index contributed by atoms with van der Waals surface area (Å²) < 4.78 is 1.72. The van der Waals surface area contributed by atoms with Crippen LogP contribution < -0.4 is 10.6 Å². The van der Waals surface area contributed by atoms with E-state index in [9.17, 15) is 9.59 Å². The number of nitrogens with one attached hydrogen (secondary N) is 2. The minimum Gasteiger partial charge on any atom is -0.344 e. The van der Waals surface area contributed by atoms with E-state index >= 15 is 0 Å². The fourth-order valence-electron chi connectivity index (χ4n) is 3.45. The van der Waals surface area contributed by atoms with E-state index in [0.29, 0.717) is 18.9 Å². The van der Waals surface area contributed by atoms with Gasteiger partial charge < -0.3 is 10.6 Å². The first-order chi connectivity index (χ1) is 12.7. The second-order valence-electron chi connectivity index (χ2n) is 7.09. The van der Waals surface area contributed by atoms with Crippen molar-refractivity contribution in [1.82, 2.24) is 20.3 Å². The normalized spacial score (nSPS) is 19.8. The molecule has 1 aromatic heterocycles. The first kappa shape index (κ1) is 16.8. The zero-order valence-corrected chi connectivity index (χ0v) is 14.6. The van der Waals surface area contributed by atoms with E-state index in [-0.39, 0.29) is 18.2 Å². The van der Waals surface area contributed by atoms with Gasteiger partial charge in [-0.1, -0.05) is 29.8 Å². The number of anilines is 1. The zero-order valence-electron chi connectivity index (χ0n) is 14.6. The third-order valence-corrected chi connectivity index (χ3v) is 5.28. The van der Waals surface area contributed by atoms with Gasteiger partial charge in [0.15, 0.2) is 0 Å². The van der Waals surface area contributed by atoms with E-state index in [1.54, 1.807) is 4.68 Å². The van der Waals surface area contributed by atoms with Crippen LogP contribution in [-0.4, -0.2) is 32.9 Å². The number of hydrogen-bond acceptors (Lipinski definition) is 4. The van der Waals surface area contributed by atoms with E-state index in [2.05, 4.69) is 20.9 Å². The summed E-state index contributed by atoms with van der Waals surface area (Å²) in [6.07, 6.45) is 7.19. The summed E-state index contributed by atoms with van der Waals surface area (Å²) in [5, 5.41) is 14.1. The molecule has 1 aromatic carbocycles. The van der Waals surface area contributed by atoms with Crippen molar-refractivity contribution in [2.45, 2.75) is 57.0 Å². The Morgan fingerprint density at radius 1 is 1.27 bits per heavy atom. The van der Waals surface area contributed by atoms with Crippen molar-refractivity contribution in [3.05, 3.63) is 41.7 Å². The minimum atomic E-state index is -0.504. The van der Waals surface area contributed by atoms with Crippen LogP contribution in [0.3, 0.4) is 0 Å². The van der Waals surface area contributed by atoms with Crippen LogP contribution in [-0.2, 0) is 22.6 Å². The Bertz CT molecular complexity index is 812. The fourth-order valence-corrected chi connectivity index (χ4v) is 3.45. The maximum absolute atomic E-state index is 12.4. The molecule has 0 radical (unpaired) electrons. The van der Waals surface area contributed by atoms with Crippen molar-refractivity contribution in [3.63, 3.8) is 0 Å². The van der Waals surface area contributed by atoms with Crippen LogP contribution in [0.5, 0.6) is 0 Å². The van der Waals surface area contributed by atoms with Gasteiger partial charge in [-0.25, -0.2) is 0 Å². The molecule has 0 bridgehead atoms. The van der Waals surface area contributed by atoms with Crippen LogP contribution in [0.1, 0.15) is 49.3 Å². The van der Waals surface area contributed by atoms with Crippen LogP contribution in [0.4, 0.5) is 5.69 Å². The highest BCUT2D eigenvalue weighted by molar-refractivity contribution is 5.98. The molecular formula is C19H23N5O2. The SMILES string of the molecule is O=C(CCn1cc(C2CCC2)nn1)NC1CCc2ccccc2NC1=O. The number of carbonyl (C=O) groups excluding carboxylic acids is 2. The molecule has 2 aliphatic rings. The number of hydrogen-bond donors (Lipinski definition) is 2. The molecule has 7 nitrogen and oxygen atoms in total. The van der Waals surface area contributed by atoms with Crippen LogP contribution in [0.15, 0.2) is 30.5 Å². The molecular weight excluding hydrogens is 330 g/mol. The molecule has 1 aliphatic carbocycles. The van der Waals surface area contributed by atoms with Gasteiger partial charge in [-0.3, -0.25) is 14.3 Å². The topological polar surface area (TPSA) is 88.9 Å². The van der Waals surface area contributed by atoms with Crippen LogP contribution in [0.25, 0.3) is 0 Å². The lowest BCUT2D eigenvalue weighted by molar-refractivity contribution is -0.126. The van der Waals surface area contributed by atoms with Gasteiger partial charge in [0.05, 0.1) is 12.2 Å². The zero-order chi connectivity index (χ0) is 17.9. The van der Waals surface area contributed by atoms with Crippen LogP contribution in [0.2, 0.25) is 0 Å². The molecule has 7 heteroatoms. The van der Waals surface area contributed by atoms with Crippen molar-refractivity contribution in [3.8, 4) is 0 Å². The number of fused-ring (bicyclic) bond motifs is 1. The van der Waals surface area contributed by atoms with Gasteiger partial charge in [0.25, 0.3) is 0 Å². The molecule has 1 fully saturated rings. The number of rotatable bonds is 5. The van der Waals surface area contributed by atoms with E-state index in [0.717, 1.165) is 23.4 Å². The van der Waals surface area contributed by atoms with Crippen LogP contribution >= 0.6 is 0 Å². The number of benzene rings is 1. The molecule has 1 unspecified atom stereocenters. The molecule has 0 spiro atoms. The number of aromatic nitrogens is 3. The van der Waals surface area contributed by atoms with Gasteiger partial charge in [0.1, 0.15) is 6.04 Å². The second-order valence-corrected chi connectivity index (χ2v) is 7.09. The Hall–Kier alpha value is -2.70. The van der Waals surface area contributed by atoms with Gasteiger partial charge in [-0.05, 0) is 37.3 Å². The standard InChI is InChI=1S/C19H23N5O2/c25-18(10-11-24-12-17(22-23-24)13-5-3-6-13)20-16-9-8-14-4-1-2-7-15(14)21-19(16)26/h1-2,4,7,12-13,16H,3,5-6,8-11H2,(H,20,25)(H,21,26). The Balaban J connectivity index is 1.29. The van der Waals surface area contributed by atoms with E-state index in [1.807, 2.05) is 30.5 Å². The second kappa shape index (κ2) is 7.27. The maximum Gasteiger partial charge on any atom is 0.246 e. The number of para-hydroxylation sites is 1. The van der Waals surface area contributed by atoms with Crippen molar-refractivity contribution in [1.29, 1.82) is 0 Å². The lowest BCUT2D eigenvalue weighted by atomic mass is 9.83. The Kier molecular flexibility index (Phi) is 4.69. The molecule has 26 heavy (non-hydrogen) atoms. The summed E-state index contributed by atoms with van der Waals surface area (Å²) in [6, 6.07) is 7.25. The summed E-state index contributed by atoms with van der Waals surface area (Å²) in [4.78, 5) is 24.6. The van der Waals surface area contributed by atoms with Gasteiger partial charge in [0, 0.05) is 24.2 Å². The fraction of sp³-hybridized carbons (Fsp3) is 0.474. The lowest BCUT2D eigenvalue weighted by Gasteiger charge is -2.22. The predicted molar refractivity (Wildman–Crippen MR) is 96.6 cm³/mol. The van der Waals surface area contributed by atoms with Crippen molar-refractivity contribution in [2.75, 3.05) is 5.32 Å². The molecule has 1 atom stereocenters. The minimum absolute atomic E-state index is 0.142. The molecule has 4 rings (SSSR count). The van der Waals surface area contributed by atoms with Crippen molar-refractivity contribution >= 4 is 17.5 Å². The average molecular weight is 353 g/mol. The Morgan fingerprint density at radius 2 is 2.12 bits per heavy atom. The smallest absolute Gasteiger partial charge is 0.246 e. The third kappa shape index (κ3) is 3.61. The van der Waals surface area contributed by atoms with E-state index in [4.69, 9.17) is 0 Å². The van der Waals surface area contributed by atoms with Crippen molar-refractivity contribution < 1.29 is 9.59 Å². The maximum atomic E-state index is 12.4. The molecule has 1 saturated carbocycles. The average Bonchev–Trinajstić information content (AvgIpc) is 2.98. The van der Waals surface area contributed by atoms with Gasteiger partial charge >= 0.3 is 0 Å². The van der Waals surface area contributed by atoms with Crippen molar-refractivity contribution in [2.24, 2.45) is 0 Å². The number of amides is 2. The highest BCUT2D eigenvalue weighted by Crippen LogP contribution is 2.34. The number of aryl methyl sites for hydroxylation is 2. The van der Waals surface area contributed by atoms with Gasteiger partial charge in [0.2, 0.25) is 11.8 Å². The summed E-state index contributed by atoms with van der Waals surface area (Å²) in [6.45, 7) is 0.472. The Morgan fingerprint density at radius 3 is 2.92 bits per heavy atom. The monoisotopic (exact) mass is 353 g/mol. The molecule has 1 aliphatic heterocycles. The first-order valence-electron chi connectivity index (χ1n) is 9.27. The Labute approximate surface area is 152 Å². The molecule has 2 heterocycles. The lowest BCUT2D eigenvalue weighted by Crippen LogP contribution is -2.43. The number of carbonyl (C=O) groups is 2. The largest absolute Gasteiger partial charge is 0.344 e. The molecule has 0 saturated heterocycles. The van der Waals surface area contributed by atoms with Gasteiger partial charge in [-0.15, -0.1) is 5.10 Å². The summed E-state index contributed by atoms with van der Waals surface area (Å²) >= 11 is 0. The highest BCUT2D eigenvalue weighted by atomic mass is 16.2. The first-order valence-corrected chi connectivity index (χ1v) is 9.27. The van der Waals surface area contributed by atoms with Crippen LogP contribution in [0, 0.1) is 0 Å². The molecule has 2 aromatic rings.